The second-order valence-electron chi connectivity index (χ2n) is 5.99. The third-order valence-electron chi connectivity index (χ3n) is 4.47. The molecule has 5 rings (SSSR count). The van der Waals surface area contributed by atoms with E-state index in [9.17, 15) is 4.79 Å². The number of fused-ring (bicyclic) bond motifs is 2. The van der Waals surface area contributed by atoms with Crippen LogP contribution in [-0.2, 0) is 0 Å². The van der Waals surface area contributed by atoms with Crippen LogP contribution in [0.15, 0.2) is 48.4 Å². The molecule has 0 saturated carbocycles. The number of hydrogen-bond donors (Lipinski definition) is 1. The van der Waals surface area contributed by atoms with E-state index in [2.05, 4.69) is 26.6 Å². The fraction of sp³-hybridized carbons (Fsp3) is 0.158. The third kappa shape index (κ3) is 3.39. The molecule has 8 nitrogen and oxygen atoms in total. The number of nitrogens with two attached hydrogens (primary N) is 1. The molecule has 2 N–H and O–H groups in total. The average molecular weight is 429 g/mol. The summed E-state index contributed by atoms with van der Waals surface area (Å²) in [5, 5.41) is 3.85. The average Bonchev–Trinajstić information content (AvgIpc) is 3.38. The molecule has 29 heavy (non-hydrogen) atoms. The van der Waals surface area contributed by atoms with E-state index >= 15 is 0 Å². The Kier molecular flexibility index (Phi) is 5.32. The molecular formula is C19H17ClN6O2S. The van der Waals surface area contributed by atoms with Gasteiger partial charge in [-0.15, -0.1) is 22.9 Å². The van der Waals surface area contributed by atoms with Crippen molar-refractivity contribution in [2.24, 2.45) is 0 Å². The summed E-state index contributed by atoms with van der Waals surface area (Å²) in [6, 6.07) is 7.87. The number of amides is 1. The topological polar surface area (TPSA) is 99.2 Å². The second kappa shape index (κ2) is 8.06. The summed E-state index contributed by atoms with van der Waals surface area (Å²) in [7, 11) is 0. The number of nitrogens with zero attached hydrogens (tertiary/aromatic N) is 5. The highest BCUT2D eigenvalue weighted by Gasteiger charge is 2.28. The molecule has 0 unspecified atom stereocenters. The van der Waals surface area contributed by atoms with Gasteiger partial charge >= 0.3 is 0 Å². The van der Waals surface area contributed by atoms with E-state index in [-0.39, 0.29) is 23.2 Å². The summed E-state index contributed by atoms with van der Waals surface area (Å²) in [4.78, 5) is 27.0. The molecule has 4 aromatic rings. The molecule has 3 aromatic heterocycles. The smallest absolute Gasteiger partial charge is 0.267 e. The Morgan fingerprint density at radius 2 is 2.07 bits per heavy atom. The first-order valence-corrected chi connectivity index (χ1v) is 10.3. The van der Waals surface area contributed by atoms with E-state index in [0.29, 0.717) is 13.2 Å². The number of alkyl halides is 1. The van der Waals surface area contributed by atoms with E-state index < -0.39 is 0 Å². The quantitative estimate of drug-likeness (QED) is 0.491. The Labute approximate surface area is 175 Å². The molecule has 0 fully saturated rings. The molecule has 1 aliphatic heterocycles. The maximum Gasteiger partial charge on any atom is 0.267 e. The van der Waals surface area contributed by atoms with Gasteiger partial charge in [-0.05, 0) is 24.3 Å². The Bertz CT molecular complexity index is 1160. The van der Waals surface area contributed by atoms with Crippen molar-refractivity contribution in [1.29, 1.82) is 0 Å². The van der Waals surface area contributed by atoms with Crippen LogP contribution in [0.1, 0.15) is 10.4 Å². The highest BCUT2D eigenvalue weighted by Crippen LogP contribution is 2.30. The summed E-state index contributed by atoms with van der Waals surface area (Å²) >= 11 is 6.21. The van der Waals surface area contributed by atoms with Crippen molar-refractivity contribution in [3.63, 3.8) is 0 Å². The van der Waals surface area contributed by atoms with Crippen molar-refractivity contribution in [3.05, 3.63) is 53.9 Å². The lowest BCUT2D eigenvalue weighted by molar-refractivity contribution is 0.0990. The molecule has 1 aromatic carbocycles. The molecule has 0 spiro atoms. The van der Waals surface area contributed by atoms with Crippen LogP contribution in [0.3, 0.4) is 0 Å². The summed E-state index contributed by atoms with van der Waals surface area (Å²) in [6.45, 7) is 0.723. The molecule has 1 aliphatic rings. The standard InChI is InChI=1S/C18H14N6O2S.CH3Cl/c19-15-14-16(22-10-21-15)26-7-6-23(17(14)25)12-1-2-13-11(9-12)3-5-24(13)18-20-4-8-27-18;1-2/h1-5,8-10H,6-7H2,(H2,19,21,22);1H3. The molecule has 4 heterocycles. The first-order valence-electron chi connectivity index (χ1n) is 8.66. The van der Waals surface area contributed by atoms with Crippen LogP contribution >= 0.6 is 22.9 Å². The van der Waals surface area contributed by atoms with Crippen molar-refractivity contribution in [2.45, 2.75) is 0 Å². The number of nitrogen functional groups attached to an aromatic ring is 1. The molecule has 0 bridgehead atoms. The first-order chi connectivity index (χ1) is 14.2. The van der Waals surface area contributed by atoms with Crippen molar-refractivity contribution in [3.8, 4) is 11.0 Å². The zero-order valence-electron chi connectivity index (χ0n) is 15.4. The van der Waals surface area contributed by atoms with Crippen LogP contribution in [0.25, 0.3) is 16.0 Å². The van der Waals surface area contributed by atoms with E-state index in [1.54, 1.807) is 22.4 Å². The molecule has 0 radical (unpaired) electrons. The maximum absolute atomic E-state index is 13.1. The predicted octanol–water partition coefficient (Wildman–Crippen LogP) is 3.35. The van der Waals surface area contributed by atoms with E-state index in [1.807, 2.05) is 40.4 Å². The van der Waals surface area contributed by atoms with Crippen LogP contribution in [0.4, 0.5) is 11.5 Å². The minimum Gasteiger partial charge on any atom is -0.475 e. The Balaban J connectivity index is 0.000000994. The van der Waals surface area contributed by atoms with E-state index in [1.165, 1.54) is 12.7 Å². The van der Waals surface area contributed by atoms with Crippen LogP contribution in [0.2, 0.25) is 0 Å². The highest BCUT2D eigenvalue weighted by atomic mass is 35.5. The number of ether oxygens (including phenoxy) is 1. The van der Waals surface area contributed by atoms with Crippen LogP contribution < -0.4 is 15.4 Å². The number of anilines is 2. The molecule has 0 saturated heterocycles. The monoisotopic (exact) mass is 428 g/mol. The lowest BCUT2D eigenvalue weighted by Crippen LogP contribution is -2.32. The highest BCUT2D eigenvalue weighted by molar-refractivity contribution is 7.12. The molecule has 148 valence electrons. The zero-order chi connectivity index (χ0) is 20.4. The van der Waals surface area contributed by atoms with Crippen molar-refractivity contribution in [1.82, 2.24) is 19.5 Å². The predicted molar refractivity (Wildman–Crippen MR) is 114 cm³/mol. The summed E-state index contributed by atoms with van der Waals surface area (Å²) in [6.07, 6.45) is 6.52. The van der Waals surface area contributed by atoms with Gasteiger partial charge in [0.05, 0.1) is 12.1 Å². The van der Waals surface area contributed by atoms with Gasteiger partial charge in [-0.25, -0.2) is 15.0 Å². The molecule has 1 amide bonds. The Morgan fingerprint density at radius 3 is 2.86 bits per heavy atom. The number of rotatable bonds is 2. The minimum atomic E-state index is -0.265. The van der Waals surface area contributed by atoms with Gasteiger partial charge in [0, 0.05) is 35.2 Å². The van der Waals surface area contributed by atoms with Crippen molar-refractivity contribution >= 4 is 51.3 Å². The van der Waals surface area contributed by atoms with Gasteiger partial charge < -0.3 is 15.4 Å². The lowest BCUT2D eigenvalue weighted by Gasteiger charge is -2.20. The fourth-order valence-corrected chi connectivity index (χ4v) is 3.85. The van der Waals surface area contributed by atoms with E-state index in [4.69, 9.17) is 10.5 Å². The number of benzene rings is 1. The van der Waals surface area contributed by atoms with Gasteiger partial charge in [0.15, 0.2) is 5.13 Å². The maximum atomic E-state index is 13.1. The third-order valence-corrected chi connectivity index (χ3v) is 5.24. The molecule has 10 heteroatoms. The zero-order valence-corrected chi connectivity index (χ0v) is 17.0. The summed E-state index contributed by atoms with van der Waals surface area (Å²) < 4.78 is 7.61. The largest absolute Gasteiger partial charge is 0.475 e. The Hall–Kier alpha value is -3.17. The van der Waals surface area contributed by atoms with Crippen molar-refractivity contribution in [2.75, 3.05) is 30.2 Å². The number of halogens is 1. The number of thiazole rings is 1. The van der Waals surface area contributed by atoms with Crippen LogP contribution in [-0.4, -0.2) is 45.0 Å². The van der Waals surface area contributed by atoms with Gasteiger partial charge in [-0.3, -0.25) is 9.36 Å². The number of carbonyl (C=O) groups excluding carboxylic acids is 1. The van der Waals surface area contributed by atoms with Crippen LogP contribution in [0.5, 0.6) is 5.88 Å². The normalized spacial score (nSPS) is 13.3. The van der Waals surface area contributed by atoms with Crippen LogP contribution in [0, 0.1) is 0 Å². The Morgan fingerprint density at radius 1 is 1.21 bits per heavy atom. The van der Waals surface area contributed by atoms with Gasteiger partial charge in [0.1, 0.15) is 24.3 Å². The molecule has 0 aliphatic carbocycles. The van der Waals surface area contributed by atoms with Gasteiger partial charge in [-0.1, -0.05) is 0 Å². The SMILES string of the molecule is CCl.Nc1ncnc2c1C(=O)N(c1ccc3c(ccn3-c3nccs3)c1)CCO2. The van der Waals surface area contributed by atoms with Gasteiger partial charge in [-0.2, -0.15) is 0 Å². The lowest BCUT2D eigenvalue weighted by atomic mass is 10.2. The van der Waals surface area contributed by atoms with Crippen molar-refractivity contribution < 1.29 is 9.53 Å². The first kappa shape index (κ1) is 19.2. The van der Waals surface area contributed by atoms with Gasteiger partial charge in [0.25, 0.3) is 5.91 Å². The second-order valence-corrected chi connectivity index (χ2v) is 6.86. The fourth-order valence-electron chi connectivity index (χ4n) is 3.21. The summed E-state index contributed by atoms with van der Waals surface area (Å²) in [5.41, 5.74) is 7.90. The number of carbonyl (C=O) groups is 1. The van der Waals surface area contributed by atoms with Gasteiger partial charge in [0.2, 0.25) is 5.88 Å². The number of aromatic nitrogens is 4. The number of hydrogen-bond acceptors (Lipinski definition) is 7. The minimum absolute atomic E-state index is 0.118. The molecular weight excluding hydrogens is 412 g/mol. The summed E-state index contributed by atoms with van der Waals surface area (Å²) in [5.74, 6) is 0.0817. The van der Waals surface area contributed by atoms with E-state index in [0.717, 1.165) is 21.7 Å². The molecule has 0 atom stereocenters.